The van der Waals surface area contributed by atoms with Gasteiger partial charge in [-0.2, -0.15) is 0 Å². The molecule has 2 unspecified atom stereocenters. The molecule has 2 atom stereocenters. The van der Waals surface area contributed by atoms with Gasteiger partial charge in [-0.15, -0.1) is 11.6 Å². The van der Waals surface area contributed by atoms with E-state index in [1.165, 1.54) is 30.4 Å². The smallest absolute Gasteiger partial charge is 0.0373 e. The minimum absolute atomic E-state index is 0.210. The maximum Gasteiger partial charge on any atom is 0.0373 e. The Labute approximate surface area is 97.6 Å². The van der Waals surface area contributed by atoms with Crippen LogP contribution in [0.15, 0.2) is 24.3 Å². The summed E-state index contributed by atoms with van der Waals surface area (Å²) in [6.07, 6.45) is 4.14. The Morgan fingerprint density at radius 2 is 2.00 bits per heavy atom. The van der Waals surface area contributed by atoms with Crippen LogP contribution in [-0.2, 0) is 0 Å². The molecule has 15 heavy (non-hydrogen) atoms. The van der Waals surface area contributed by atoms with Gasteiger partial charge in [0.25, 0.3) is 0 Å². The highest BCUT2D eigenvalue weighted by atomic mass is 35.5. The topological polar surface area (TPSA) is 0 Å². The van der Waals surface area contributed by atoms with E-state index < -0.39 is 0 Å². The van der Waals surface area contributed by atoms with Gasteiger partial charge in [0.15, 0.2) is 0 Å². The molecule has 0 saturated heterocycles. The average molecular weight is 223 g/mol. The van der Waals surface area contributed by atoms with Crippen molar-refractivity contribution in [2.75, 3.05) is 0 Å². The molecular formula is C14H19Cl. The Balaban J connectivity index is 2.18. The number of hydrogen-bond acceptors (Lipinski definition) is 0. The summed E-state index contributed by atoms with van der Waals surface area (Å²) in [6, 6.07) is 9.00. The first-order valence-electron chi connectivity index (χ1n) is 5.92. The van der Waals surface area contributed by atoms with E-state index in [0.29, 0.717) is 5.92 Å². The highest BCUT2D eigenvalue weighted by Gasteiger charge is 2.20. The summed E-state index contributed by atoms with van der Waals surface area (Å²) in [6.45, 7) is 4.28. The van der Waals surface area contributed by atoms with Crippen molar-refractivity contribution in [3.8, 4) is 0 Å². The van der Waals surface area contributed by atoms with E-state index in [-0.39, 0.29) is 5.38 Å². The summed E-state index contributed by atoms with van der Waals surface area (Å²) in [7, 11) is 0. The van der Waals surface area contributed by atoms with Crippen LogP contribution >= 0.6 is 11.6 Å². The average Bonchev–Trinajstić information content (AvgIpc) is 2.14. The number of alkyl halides is 1. The van der Waals surface area contributed by atoms with Gasteiger partial charge in [-0.1, -0.05) is 37.6 Å². The Hall–Kier alpha value is -0.490. The lowest BCUT2D eigenvalue weighted by Crippen LogP contribution is -2.10. The second kappa shape index (κ2) is 4.57. The summed E-state index contributed by atoms with van der Waals surface area (Å²) in [5, 5.41) is 0.210. The molecule has 0 aliphatic heterocycles. The van der Waals surface area contributed by atoms with Crippen molar-refractivity contribution in [2.45, 2.75) is 50.3 Å². The third-order valence-corrected chi connectivity index (χ3v) is 4.08. The van der Waals surface area contributed by atoms with Crippen LogP contribution in [0.2, 0.25) is 0 Å². The second-order valence-electron chi connectivity index (χ2n) is 4.76. The predicted molar refractivity (Wildman–Crippen MR) is 66.8 cm³/mol. The van der Waals surface area contributed by atoms with E-state index in [2.05, 4.69) is 38.1 Å². The van der Waals surface area contributed by atoms with Crippen molar-refractivity contribution < 1.29 is 0 Å². The fourth-order valence-corrected chi connectivity index (χ4v) is 2.25. The zero-order chi connectivity index (χ0) is 10.8. The largest absolute Gasteiger partial charge is 0.123 e. The molecule has 82 valence electrons. The van der Waals surface area contributed by atoms with E-state index in [4.69, 9.17) is 11.6 Å². The van der Waals surface area contributed by atoms with Crippen LogP contribution in [0.1, 0.15) is 56.1 Å². The highest BCUT2D eigenvalue weighted by Crippen LogP contribution is 2.37. The molecular weight excluding hydrogens is 204 g/mol. The SMILES string of the molecule is CC(Cl)C(C)c1cccc(C2CCC2)c1. The van der Waals surface area contributed by atoms with Gasteiger partial charge >= 0.3 is 0 Å². The Morgan fingerprint density at radius 3 is 2.53 bits per heavy atom. The molecule has 1 fully saturated rings. The molecule has 0 N–H and O–H groups in total. The summed E-state index contributed by atoms with van der Waals surface area (Å²) < 4.78 is 0. The first kappa shape index (κ1) is 11.0. The van der Waals surface area contributed by atoms with E-state index >= 15 is 0 Å². The Bertz CT molecular complexity index is 326. The molecule has 1 aliphatic carbocycles. The maximum absolute atomic E-state index is 6.14. The Kier molecular flexibility index (Phi) is 3.35. The van der Waals surface area contributed by atoms with E-state index in [0.717, 1.165) is 5.92 Å². The fourth-order valence-electron chi connectivity index (χ4n) is 2.10. The highest BCUT2D eigenvalue weighted by molar-refractivity contribution is 6.20. The summed E-state index contributed by atoms with van der Waals surface area (Å²) in [4.78, 5) is 0. The lowest BCUT2D eigenvalue weighted by Gasteiger charge is -2.27. The molecule has 0 bridgehead atoms. The van der Waals surface area contributed by atoms with Gasteiger partial charge in [-0.05, 0) is 42.7 Å². The van der Waals surface area contributed by atoms with Crippen molar-refractivity contribution in [2.24, 2.45) is 0 Å². The third-order valence-electron chi connectivity index (χ3n) is 3.70. The normalized spacial score (nSPS) is 20.7. The monoisotopic (exact) mass is 222 g/mol. The molecule has 2 rings (SSSR count). The number of rotatable bonds is 3. The van der Waals surface area contributed by atoms with Gasteiger partial charge in [-0.25, -0.2) is 0 Å². The molecule has 1 aromatic rings. The van der Waals surface area contributed by atoms with Gasteiger partial charge in [0.2, 0.25) is 0 Å². The van der Waals surface area contributed by atoms with Gasteiger partial charge < -0.3 is 0 Å². The number of halogens is 1. The summed E-state index contributed by atoms with van der Waals surface area (Å²) in [5.74, 6) is 1.27. The van der Waals surface area contributed by atoms with Crippen LogP contribution in [0.4, 0.5) is 0 Å². The minimum atomic E-state index is 0.210. The molecule has 0 nitrogen and oxygen atoms in total. The van der Waals surface area contributed by atoms with Crippen LogP contribution in [0.3, 0.4) is 0 Å². The van der Waals surface area contributed by atoms with Gasteiger partial charge in [-0.3, -0.25) is 0 Å². The van der Waals surface area contributed by atoms with E-state index in [1.807, 2.05) is 0 Å². The van der Waals surface area contributed by atoms with Crippen LogP contribution < -0.4 is 0 Å². The lowest BCUT2D eigenvalue weighted by molar-refractivity contribution is 0.419. The summed E-state index contributed by atoms with van der Waals surface area (Å²) >= 11 is 6.14. The van der Waals surface area contributed by atoms with Crippen molar-refractivity contribution in [1.29, 1.82) is 0 Å². The molecule has 0 heterocycles. The molecule has 0 aromatic heterocycles. The first-order chi connectivity index (χ1) is 7.18. The predicted octanol–water partition coefficient (Wildman–Crippen LogP) is 4.68. The molecule has 0 amide bonds. The van der Waals surface area contributed by atoms with Crippen molar-refractivity contribution >= 4 is 11.6 Å². The molecule has 0 spiro atoms. The van der Waals surface area contributed by atoms with E-state index in [1.54, 1.807) is 0 Å². The number of benzene rings is 1. The van der Waals surface area contributed by atoms with Gasteiger partial charge in [0.05, 0.1) is 0 Å². The molecule has 1 aromatic carbocycles. The Morgan fingerprint density at radius 1 is 1.27 bits per heavy atom. The first-order valence-corrected chi connectivity index (χ1v) is 6.36. The van der Waals surface area contributed by atoms with Crippen molar-refractivity contribution in [3.05, 3.63) is 35.4 Å². The van der Waals surface area contributed by atoms with Crippen molar-refractivity contribution in [1.82, 2.24) is 0 Å². The van der Waals surface area contributed by atoms with Crippen molar-refractivity contribution in [3.63, 3.8) is 0 Å². The van der Waals surface area contributed by atoms with Crippen LogP contribution in [0.5, 0.6) is 0 Å². The maximum atomic E-state index is 6.14. The standard InChI is InChI=1S/C14H19Cl/c1-10(11(2)15)13-7-4-8-14(9-13)12-5-3-6-12/h4,7-12H,3,5-6H2,1-2H3. The zero-order valence-electron chi connectivity index (χ0n) is 9.54. The fraction of sp³-hybridized carbons (Fsp3) is 0.571. The quantitative estimate of drug-likeness (QED) is 0.652. The lowest BCUT2D eigenvalue weighted by atomic mass is 9.79. The van der Waals surface area contributed by atoms with Crippen LogP contribution in [-0.4, -0.2) is 5.38 Å². The second-order valence-corrected chi connectivity index (χ2v) is 5.45. The molecule has 1 heteroatoms. The van der Waals surface area contributed by atoms with Crippen LogP contribution in [0, 0.1) is 0 Å². The molecule has 1 aliphatic rings. The van der Waals surface area contributed by atoms with Gasteiger partial charge in [0.1, 0.15) is 0 Å². The summed E-state index contributed by atoms with van der Waals surface area (Å²) in [5.41, 5.74) is 2.91. The molecule has 0 radical (unpaired) electrons. The minimum Gasteiger partial charge on any atom is -0.123 e. The molecule has 1 saturated carbocycles. The van der Waals surface area contributed by atoms with Gasteiger partial charge in [0, 0.05) is 5.38 Å². The third kappa shape index (κ3) is 2.36. The van der Waals surface area contributed by atoms with E-state index in [9.17, 15) is 0 Å². The zero-order valence-corrected chi connectivity index (χ0v) is 10.3. The number of hydrogen-bond donors (Lipinski definition) is 0. The van der Waals surface area contributed by atoms with Crippen LogP contribution in [0.25, 0.3) is 0 Å².